The predicted octanol–water partition coefficient (Wildman–Crippen LogP) is 1.49. The molecule has 1 fully saturated rings. The van der Waals surface area contributed by atoms with Gasteiger partial charge in [0.1, 0.15) is 0 Å². The van der Waals surface area contributed by atoms with Crippen molar-refractivity contribution in [1.82, 2.24) is 15.8 Å². The molecule has 0 bridgehead atoms. The van der Waals surface area contributed by atoms with Gasteiger partial charge in [-0.3, -0.25) is 15.0 Å². The minimum atomic E-state index is -0.839. The van der Waals surface area contributed by atoms with Gasteiger partial charge < -0.3 is 10.0 Å². The second kappa shape index (κ2) is 7.13. The van der Waals surface area contributed by atoms with Gasteiger partial charge in [-0.05, 0) is 31.0 Å². The van der Waals surface area contributed by atoms with Crippen LogP contribution in [0.2, 0.25) is 5.02 Å². The molecule has 118 valence electrons. The van der Waals surface area contributed by atoms with Gasteiger partial charge in [0, 0.05) is 23.7 Å². The number of rotatable bonds is 2. The van der Waals surface area contributed by atoms with Crippen molar-refractivity contribution in [3.05, 3.63) is 34.9 Å². The standard InChI is InChI=1S/C14H16ClN3O4/c15-11-3-1-2-10(8-11)12(19)16-17-14(22)18-6-4-9(5-7-18)13(20)21/h1-3,8-9H,4-7H2,(H,16,19)(H,17,22)(H,20,21). The Morgan fingerprint density at radius 3 is 2.45 bits per heavy atom. The Balaban J connectivity index is 1.81. The third kappa shape index (κ3) is 4.11. The van der Waals surface area contributed by atoms with Gasteiger partial charge in [-0.25, -0.2) is 10.2 Å². The molecule has 1 aromatic carbocycles. The lowest BCUT2D eigenvalue weighted by atomic mass is 9.97. The van der Waals surface area contributed by atoms with Crippen LogP contribution in [0.4, 0.5) is 4.79 Å². The highest BCUT2D eigenvalue weighted by Crippen LogP contribution is 2.17. The molecule has 3 amide bonds. The number of benzene rings is 1. The van der Waals surface area contributed by atoms with Gasteiger partial charge in [0.25, 0.3) is 5.91 Å². The van der Waals surface area contributed by atoms with Crippen LogP contribution >= 0.6 is 11.6 Å². The van der Waals surface area contributed by atoms with Gasteiger partial charge in [0.15, 0.2) is 0 Å². The number of carbonyl (C=O) groups excluding carboxylic acids is 2. The summed E-state index contributed by atoms with van der Waals surface area (Å²) in [6, 6.07) is 5.88. The number of halogens is 1. The van der Waals surface area contributed by atoms with Crippen LogP contribution in [-0.4, -0.2) is 41.0 Å². The molecule has 1 saturated heterocycles. The van der Waals surface area contributed by atoms with Gasteiger partial charge in [0.2, 0.25) is 0 Å². The number of nitrogens with zero attached hydrogens (tertiary/aromatic N) is 1. The lowest BCUT2D eigenvalue weighted by Crippen LogP contribution is -2.51. The minimum absolute atomic E-state index is 0.331. The maximum atomic E-state index is 11.9. The number of hydrogen-bond acceptors (Lipinski definition) is 3. The number of amides is 3. The number of hydrogen-bond donors (Lipinski definition) is 3. The number of nitrogens with one attached hydrogen (secondary N) is 2. The Kier molecular flexibility index (Phi) is 5.21. The third-order valence-corrected chi connectivity index (χ3v) is 3.74. The number of aliphatic carboxylic acids is 1. The molecule has 1 heterocycles. The molecule has 7 nitrogen and oxygen atoms in total. The molecule has 22 heavy (non-hydrogen) atoms. The van der Waals surface area contributed by atoms with Gasteiger partial charge >= 0.3 is 12.0 Å². The van der Waals surface area contributed by atoms with Gasteiger partial charge in [-0.1, -0.05) is 17.7 Å². The van der Waals surface area contributed by atoms with Crippen LogP contribution in [0.5, 0.6) is 0 Å². The first-order valence-corrected chi connectivity index (χ1v) is 7.19. The molecular weight excluding hydrogens is 310 g/mol. The van der Waals surface area contributed by atoms with Gasteiger partial charge in [-0.15, -0.1) is 0 Å². The van der Waals surface area contributed by atoms with Crippen LogP contribution < -0.4 is 10.9 Å². The Morgan fingerprint density at radius 1 is 1.18 bits per heavy atom. The van der Waals surface area contributed by atoms with Crippen LogP contribution in [0.15, 0.2) is 24.3 Å². The minimum Gasteiger partial charge on any atom is -0.481 e. The summed E-state index contributed by atoms with van der Waals surface area (Å²) in [6.45, 7) is 0.686. The van der Waals surface area contributed by atoms with Crippen LogP contribution in [0, 0.1) is 5.92 Å². The zero-order valence-electron chi connectivity index (χ0n) is 11.7. The Bertz CT molecular complexity index is 585. The maximum Gasteiger partial charge on any atom is 0.336 e. The summed E-state index contributed by atoms with van der Waals surface area (Å²) >= 11 is 5.79. The average Bonchev–Trinajstić information content (AvgIpc) is 2.52. The summed E-state index contributed by atoms with van der Waals surface area (Å²) in [4.78, 5) is 36.1. The third-order valence-electron chi connectivity index (χ3n) is 3.50. The van der Waals surface area contributed by atoms with Crippen molar-refractivity contribution in [2.45, 2.75) is 12.8 Å². The van der Waals surface area contributed by atoms with Crippen LogP contribution in [-0.2, 0) is 4.79 Å². The van der Waals surface area contributed by atoms with E-state index in [1.54, 1.807) is 18.2 Å². The maximum absolute atomic E-state index is 11.9. The van der Waals surface area contributed by atoms with Crippen molar-refractivity contribution < 1.29 is 19.5 Å². The van der Waals surface area contributed by atoms with Gasteiger partial charge in [0.05, 0.1) is 5.92 Å². The molecule has 3 N–H and O–H groups in total. The highest BCUT2D eigenvalue weighted by molar-refractivity contribution is 6.30. The topological polar surface area (TPSA) is 98.7 Å². The summed E-state index contributed by atoms with van der Waals surface area (Å²) in [7, 11) is 0. The summed E-state index contributed by atoms with van der Waals surface area (Å²) < 4.78 is 0. The van der Waals surface area contributed by atoms with Crippen LogP contribution in [0.1, 0.15) is 23.2 Å². The molecule has 0 atom stereocenters. The van der Waals surface area contributed by atoms with Crippen LogP contribution in [0.25, 0.3) is 0 Å². The van der Waals surface area contributed by atoms with E-state index in [0.29, 0.717) is 36.5 Å². The zero-order chi connectivity index (χ0) is 16.1. The molecule has 0 radical (unpaired) electrons. The predicted molar refractivity (Wildman–Crippen MR) is 79.4 cm³/mol. The lowest BCUT2D eigenvalue weighted by Gasteiger charge is -2.30. The van der Waals surface area contributed by atoms with E-state index < -0.39 is 23.8 Å². The van der Waals surface area contributed by atoms with E-state index in [2.05, 4.69) is 10.9 Å². The number of hydrazine groups is 1. The van der Waals surface area contributed by atoms with Crippen LogP contribution in [0.3, 0.4) is 0 Å². The molecular formula is C14H16ClN3O4. The van der Waals surface area contributed by atoms with E-state index in [1.807, 2.05) is 0 Å². The quantitative estimate of drug-likeness (QED) is 0.717. The van der Waals surface area contributed by atoms with Crippen molar-refractivity contribution in [2.24, 2.45) is 5.92 Å². The fraction of sp³-hybridized carbons (Fsp3) is 0.357. The fourth-order valence-electron chi connectivity index (χ4n) is 2.22. The van der Waals surface area contributed by atoms with Crippen molar-refractivity contribution in [1.29, 1.82) is 0 Å². The first kappa shape index (κ1) is 16.1. The highest BCUT2D eigenvalue weighted by atomic mass is 35.5. The molecule has 0 saturated carbocycles. The highest BCUT2D eigenvalue weighted by Gasteiger charge is 2.27. The molecule has 0 spiro atoms. The number of carboxylic acid groups (broad SMARTS) is 1. The number of piperidine rings is 1. The Labute approximate surface area is 132 Å². The average molecular weight is 326 g/mol. The normalized spacial score (nSPS) is 15.2. The summed E-state index contributed by atoms with van der Waals surface area (Å²) in [5, 5.41) is 9.33. The smallest absolute Gasteiger partial charge is 0.336 e. The molecule has 1 aliphatic rings. The molecule has 2 rings (SSSR count). The first-order chi connectivity index (χ1) is 10.5. The molecule has 8 heteroatoms. The summed E-state index contributed by atoms with van der Waals surface area (Å²) in [5.41, 5.74) is 4.94. The van der Waals surface area contributed by atoms with E-state index in [4.69, 9.17) is 16.7 Å². The zero-order valence-corrected chi connectivity index (χ0v) is 12.5. The molecule has 1 aliphatic heterocycles. The monoisotopic (exact) mass is 325 g/mol. The number of urea groups is 1. The first-order valence-electron chi connectivity index (χ1n) is 6.81. The second-order valence-electron chi connectivity index (χ2n) is 4.99. The molecule has 1 aromatic rings. The van der Waals surface area contributed by atoms with Gasteiger partial charge in [-0.2, -0.15) is 0 Å². The summed E-state index contributed by atoms with van der Waals surface area (Å²) in [6.07, 6.45) is 0.815. The van der Waals surface area contributed by atoms with Crippen molar-refractivity contribution in [3.8, 4) is 0 Å². The largest absolute Gasteiger partial charge is 0.481 e. The Morgan fingerprint density at radius 2 is 1.86 bits per heavy atom. The Hall–Kier alpha value is -2.28. The SMILES string of the molecule is O=C(NNC(=O)N1CCC(C(=O)O)CC1)c1cccc(Cl)c1. The number of carboxylic acids is 1. The van der Waals surface area contributed by atoms with E-state index in [9.17, 15) is 14.4 Å². The number of likely N-dealkylation sites (tertiary alicyclic amines) is 1. The van der Waals surface area contributed by atoms with Crippen molar-refractivity contribution in [3.63, 3.8) is 0 Å². The molecule has 0 aliphatic carbocycles. The van der Waals surface area contributed by atoms with E-state index in [1.165, 1.54) is 11.0 Å². The summed E-state index contributed by atoms with van der Waals surface area (Å²) in [5.74, 6) is -1.73. The molecule has 0 aromatic heterocycles. The molecule has 0 unspecified atom stereocenters. The second-order valence-corrected chi connectivity index (χ2v) is 5.43. The van der Waals surface area contributed by atoms with E-state index in [0.717, 1.165) is 0 Å². The van der Waals surface area contributed by atoms with E-state index in [-0.39, 0.29) is 0 Å². The lowest BCUT2D eigenvalue weighted by molar-refractivity contribution is -0.143. The number of carbonyl (C=O) groups is 3. The van der Waals surface area contributed by atoms with Crippen molar-refractivity contribution >= 4 is 29.5 Å². The van der Waals surface area contributed by atoms with Crippen molar-refractivity contribution in [2.75, 3.05) is 13.1 Å². The fourth-order valence-corrected chi connectivity index (χ4v) is 2.41. The van der Waals surface area contributed by atoms with E-state index >= 15 is 0 Å².